The molecule has 0 fully saturated rings. The molecule has 1 aromatic carbocycles. The van der Waals surface area contributed by atoms with Crippen molar-refractivity contribution in [3.05, 3.63) is 47.0 Å². The summed E-state index contributed by atoms with van der Waals surface area (Å²) in [7, 11) is 1.65. The third kappa shape index (κ3) is 3.03. The van der Waals surface area contributed by atoms with E-state index in [1.165, 1.54) is 11.9 Å². The summed E-state index contributed by atoms with van der Waals surface area (Å²) in [5, 5.41) is 4.22. The van der Waals surface area contributed by atoms with Gasteiger partial charge in [0.25, 0.3) is 5.78 Å². The summed E-state index contributed by atoms with van der Waals surface area (Å²) in [6.45, 7) is 4.68. The topological polar surface area (TPSA) is 72.6 Å². The van der Waals surface area contributed by atoms with Crippen LogP contribution in [-0.4, -0.2) is 39.1 Å². The first kappa shape index (κ1) is 17.5. The lowest BCUT2D eigenvalue weighted by Gasteiger charge is -2.31. The number of amides is 1. The number of anilines is 1. The summed E-state index contributed by atoms with van der Waals surface area (Å²) in [6.07, 6.45) is 4.49. The fraction of sp³-hybridized carbons (Fsp3) is 0.400. The summed E-state index contributed by atoms with van der Waals surface area (Å²) in [4.78, 5) is 23.6. The van der Waals surface area contributed by atoms with Crippen LogP contribution in [0, 0.1) is 13.8 Å². The van der Waals surface area contributed by atoms with Crippen molar-refractivity contribution in [3.63, 3.8) is 0 Å². The van der Waals surface area contributed by atoms with Crippen LogP contribution in [0.3, 0.4) is 0 Å². The summed E-state index contributed by atoms with van der Waals surface area (Å²) >= 11 is 0. The van der Waals surface area contributed by atoms with Crippen molar-refractivity contribution in [1.29, 1.82) is 0 Å². The van der Waals surface area contributed by atoms with Gasteiger partial charge in [-0.1, -0.05) is 12.1 Å². The number of ether oxygens (including phenoxy) is 1. The normalized spacial score (nSPS) is 13.7. The van der Waals surface area contributed by atoms with Crippen LogP contribution in [0.1, 0.15) is 35.4 Å². The van der Waals surface area contributed by atoms with Gasteiger partial charge < -0.3 is 9.64 Å². The molecule has 0 aliphatic carbocycles. The minimum absolute atomic E-state index is 0.109. The number of carbonyl (C=O) groups excluding carboxylic acids is 1. The van der Waals surface area contributed by atoms with Crippen LogP contribution in [-0.2, 0) is 17.6 Å². The average molecular weight is 365 g/mol. The van der Waals surface area contributed by atoms with Crippen molar-refractivity contribution >= 4 is 17.4 Å². The quantitative estimate of drug-likeness (QED) is 0.711. The number of aromatic nitrogens is 4. The molecule has 27 heavy (non-hydrogen) atoms. The molecule has 0 saturated carbocycles. The van der Waals surface area contributed by atoms with Crippen LogP contribution in [0.4, 0.5) is 5.69 Å². The van der Waals surface area contributed by atoms with Gasteiger partial charge in [-0.05, 0) is 50.3 Å². The number of para-hydroxylation sites is 1. The zero-order valence-electron chi connectivity index (χ0n) is 15.9. The Morgan fingerprint density at radius 2 is 2.15 bits per heavy atom. The van der Waals surface area contributed by atoms with E-state index < -0.39 is 0 Å². The maximum Gasteiger partial charge on any atom is 0.252 e. The van der Waals surface area contributed by atoms with Gasteiger partial charge in [-0.3, -0.25) is 4.79 Å². The van der Waals surface area contributed by atoms with Gasteiger partial charge in [-0.15, -0.1) is 0 Å². The number of benzene rings is 1. The SMILES string of the molecule is COc1cccc2c1N(C(=O)CCc1c(C)nc3ncnn3c1C)CCC2. The maximum atomic E-state index is 13.1. The van der Waals surface area contributed by atoms with Crippen molar-refractivity contribution in [2.24, 2.45) is 0 Å². The smallest absolute Gasteiger partial charge is 0.252 e. The number of methoxy groups -OCH3 is 1. The highest BCUT2D eigenvalue weighted by Gasteiger charge is 2.26. The Morgan fingerprint density at radius 3 is 2.96 bits per heavy atom. The van der Waals surface area contributed by atoms with Crippen LogP contribution in [0.2, 0.25) is 0 Å². The molecule has 0 unspecified atom stereocenters. The second-order valence-electron chi connectivity index (χ2n) is 6.85. The molecule has 3 heterocycles. The molecule has 1 aliphatic heterocycles. The van der Waals surface area contributed by atoms with E-state index in [-0.39, 0.29) is 5.91 Å². The molecule has 0 radical (unpaired) electrons. The predicted octanol–water partition coefficient (Wildman–Crippen LogP) is 2.66. The molecule has 0 bridgehead atoms. The van der Waals surface area contributed by atoms with E-state index in [0.717, 1.165) is 47.8 Å². The standard InChI is InChI=1S/C20H23N5O2/c1-13-16(14(2)25-20(23-13)21-12-22-25)9-10-18(26)24-11-5-7-15-6-4-8-17(27-3)19(15)24/h4,6,8,12H,5,7,9-11H2,1-3H3. The van der Waals surface area contributed by atoms with Crippen molar-refractivity contribution < 1.29 is 9.53 Å². The van der Waals surface area contributed by atoms with Crippen LogP contribution in [0.15, 0.2) is 24.5 Å². The highest BCUT2D eigenvalue weighted by molar-refractivity contribution is 5.96. The molecular formula is C20H23N5O2. The molecule has 2 aromatic heterocycles. The van der Waals surface area contributed by atoms with Crippen LogP contribution in [0.25, 0.3) is 5.78 Å². The predicted molar refractivity (Wildman–Crippen MR) is 102 cm³/mol. The largest absolute Gasteiger partial charge is 0.495 e. The molecule has 4 rings (SSSR count). The van der Waals surface area contributed by atoms with Gasteiger partial charge in [0.15, 0.2) is 0 Å². The molecule has 0 atom stereocenters. The van der Waals surface area contributed by atoms with Gasteiger partial charge >= 0.3 is 0 Å². The van der Waals surface area contributed by atoms with Crippen molar-refractivity contribution in [3.8, 4) is 5.75 Å². The Balaban J connectivity index is 1.58. The minimum Gasteiger partial charge on any atom is -0.495 e. The fourth-order valence-corrected chi connectivity index (χ4v) is 3.91. The second kappa shape index (κ2) is 6.98. The Morgan fingerprint density at radius 1 is 1.30 bits per heavy atom. The highest BCUT2D eigenvalue weighted by Crippen LogP contribution is 2.36. The summed E-state index contributed by atoms with van der Waals surface area (Å²) in [5.41, 5.74) is 5.04. The van der Waals surface area contributed by atoms with Crippen molar-refractivity contribution in [1.82, 2.24) is 19.6 Å². The van der Waals surface area contributed by atoms with Gasteiger partial charge in [0.1, 0.15) is 12.1 Å². The second-order valence-corrected chi connectivity index (χ2v) is 6.85. The van der Waals surface area contributed by atoms with Gasteiger partial charge in [-0.25, -0.2) is 9.50 Å². The lowest BCUT2D eigenvalue weighted by molar-refractivity contribution is -0.118. The first-order chi connectivity index (χ1) is 13.1. The van der Waals surface area contributed by atoms with E-state index in [1.807, 2.05) is 30.9 Å². The van der Waals surface area contributed by atoms with Gasteiger partial charge in [0, 0.05) is 24.4 Å². The van der Waals surface area contributed by atoms with Crippen LogP contribution in [0.5, 0.6) is 5.75 Å². The van der Waals surface area contributed by atoms with E-state index in [0.29, 0.717) is 18.6 Å². The first-order valence-corrected chi connectivity index (χ1v) is 9.22. The summed E-state index contributed by atoms with van der Waals surface area (Å²) in [6, 6.07) is 5.98. The van der Waals surface area contributed by atoms with E-state index in [1.54, 1.807) is 11.6 Å². The lowest BCUT2D eigenvalue weighted by atomic mass is 9.99. The molecule has 7 nitrogen and oxygen atoms in total. The molecular weight excluding hydrogens is 342 g/mol. The minimum atomic E-state index is 0.109. The molecule has 3 aromatic rings. The third-order valence-electron chi connectivity index (χ3n) is 5.28. The third-order valence-corrected chi connectivity index (χ3v) is 5.28. The van der Waals surface area contributed by atoms with Crippen molar-refractivity contribution in [2.75, 3.05) is 18.6 Å². The van der Waals surface area contributed by atoms with Gasteiger partial charge in [0.2, 0.25) is 5.91 Å². The Kier molecular flexibility index (Phi) is 4.51. The van der Waals surface area contributed by atoms with Crippen molar-refractivity contribution in [2.45, 2.75) is 39.5 Å². The molecule has 0 N–H and O–H groups in total. The molecule has 0 spiro atoms. The first-order valence-electron chi connectivity index (χ1n) is 9.22. The lowest BCUT2D eigenvalue weighted by Crippen LogP contribution is -2.36. The maximum absolute atomic E-state index is 13.1. The number of hydrogen-bond acceptors (Lipinski definition) is 5. The number of nitrogens with zero attached hydrogens (tertiary/aromatic N) is 5. The van der Waals surface area contributed by atoms with Gasteiger partial charge in [-0.2, -0.15) is 10.1 Å². The Hall–Kier alpha value is -2.96. The number of fused-ring (bicyclic) bond motifs is 2. The fourth-order valence-electron chi connectivity index (χ4n) is 3.91. The summed E-state index contributed by atoms with van der Waals surface area (Å²) in [5.74, 6) is 1.46. The monoisotopic (exact) mass is 365 g/mol. The molecule has 7 heteroatoms. The zero-order valence-corrected chi connectivity index (χ0v) is 15.9. The summed E-state index contributed by atoms with van der Waals surface area (Å²) < 4.78 is 7.24. The van der Waals surface area contributed by atoms with E-state index in [2.05, 4.69) is 21.1 Å². The average Bonchev–Trinajstić information content (AvgIpc) is 3.15. The van der Waals surface area contributed by atoms with Crippen LogP contribution < -0.4 is 9.64 Å². The zero-order chi connectivity index (χ0) is 19.0. The van der Waals surface area contributed by atoms with E-state index in [9.17, 15) is 4.79 Å². The van der Waals surface area contributed by atoms with E-state index in [4.69, 9.17) is 4.74 Å². The number of hydrogen-bond donors (Lipinski definition) is 0. The highest BCUT2D eigenvalue weighted by atomic mass is 16.5. The molecule has 1 amide bonds. The molecule has 0 saturated heterocycles. The number of rotatable bonds is 4. The van der Waals surface area contributed by atoms with Gasteiger partial charge in [0.05, 0.1) is 12.8 Å². The molecule has 140 valence electrons. The number of carbonyl (C=O) groups is 1. The van der Waals surface area contributed by atoms with Crippen LogP contribution >= 0.6 is 0 Å². The molecule has 1 aliphatic rings. The van der Waals surface area contributed by atoms with E-state index >= 15 is 0 Å². The Bertz CT molecular complexity index is 997. The number of aryl methyl sites for hydroxylation is 3. The Labute approximate surface area is 158 Å².